The van der Waals surface area contributed by atoms with Crippen LogP contribution in [0, 0.1) is 0 Å². The largest absolute Gasteiger partial charge is 0.377 e. The van der Waals surface area contributed by atoms with Gasteiger partial charge in [-0.2, -0.15) is 0 Å². The van der Waals surface area contributed by atoms with Crippen molar-refractivity contribution in [2.45, 2.75) is 32.1 Å². The summed E-state index contributed by atoms with van der Waals surface area (Å²) >= 11 is 0. The van der Waals surface area contributed by atoms with Crippen molar-refractivity contribution in [3.8, 4) is 0 Å². The Morgan fingerprint density at radius 3 is 2.65 bits per heavy atom. The Balaban J connectivity index is 1.77. The second kappa shape index (κ2) is 8.73. The van der Waals surface area contributed by atoms with Crippen molar-refractivity contribution in [2.24, 2.45) is 4.99 Å². The summed E-state index contributed by atoms with van der Waals surface area (Å²) in [6, 6.07) is 10.6. The first-order valence-electron chi connectivity index (χ1n) is 8.37. The molecule has 0 atom stereocenters. The summed E-state index contributed by atoms with van der Waals surface area (Å²) in [4.78, 5) is 4.32. The molecule has 0 aromatic heterocycles. The van der Waals surface area contributed by atoms with Crippen molar-refractivity contribution < 1.29 is 4.74 Å². The average Bonchev–Trinajstić information content (AvgIpc) is 2.59. The Hall–Kier alpha value is -1.81. The van der Waals surface area contributed by atoms with Gasteiger partial charge < -0.3 is 15.4 Å². The summed E-state index contributed by atoms with van der Waals surface area (Å²) in [5.74, 6) is 0.863. The Morgan fingerprint density at radius 1 is 1.22 bits per heavy atom. The molecule has 0 unspecified atom stereocenters. The topological polar surface area (TPSA) is 45.7 Å². The quantitative estimate of drug-likeness (QED) is 0.482. The standard InChI is InChI=1S/C19H29N3O/c1-19(2,17-7-5-4-6-8-17)15-22-18(20-3)21-12-9-16-10-13-23-14-11-16/h4-8,10H,9,11-15H2,1-3H3,(H2,20,21,22). The molecule has 0 aliphatic carbocycles. The molecular weight excluding hydrogens is 286 g/mol. The SMILES string of the molecule is CN=C(NCCC1=CCOCC1)NCC(C)(C)c1ccccc1. The van der Waals surface area contributed by atoms with Gasteiger partial charge in [-0.25, -0.2) is 0 Å². The summed E-state index contributed by atoms with van der Waals surface area (Å²) in [5, 5.41) is 6.84. The molecule has 1 aliphatic rings. The van der Waals surface area contributed by atoms with Gasteiger partial charge in [0.05, 0.1) is 13.2 Å². The van der Waals surface area contributed by atoms with Crippen LogP contribution in [0.2, 0.25) is 0 Å². The van der Waals surface area contributed by atoms with Gasteiger partial charge in [-0.1, -0.05) is 55.8 Å². The van der Waals surface area contributed by atoms with Crippen molar-refractivity contribution in [2.75, 3.05) is 33.4 Å². The van der Waals surface area contributed by atoms with E-state index in [1.807, 2.05) is 7.05 Å². The highest BCUT2D eigenvalue weighted by Crippen LogP contribution is 2.21. The number of benzene rings is 1. The fourth-order valence-electron chi connectivity index (χ4n) is 2.65. The molecule has 1 aliphatic heterocycles. The highest BCUT2D eigenvalue weighted by Gasteiger charge is 2.20. The van der Waals surface area contributed by atoms with Crippen LogP contribution in [0.3, 0.4) is 0 Å². The number of nitrogens with zero attached hydrogens (tertiary/aromatic N) is 1. The van der Waals surface area contributed by atoms with Crippen LogP contribution in [0.1, 0.15) is 32.3 Å². The lowest BCUT2D eigenvalue weighted by Crippen LogP contribution is -2.43. The molecule has 126 valence electrons. The van der Waals surface area contributed by atoms with Gasteiger partial charge in [-0.15, -0.1) is 0 Å². The van der Waals surface area contributed by atoms with Crippen LogP contribution in [0.5, 0.6) is 0 Å². The predicted molar refractivity (Wildman–Crippen MR) is 97.0 cm³/mol. The van der Waals surface area contributed by atoms with E-state index in [1.165, 1.54) is 11.1 Å². The first kappa shape index (κ1) is 17.5. The van der Waals surface area contributed by atoms with Gasteiger partial charge in [0.15, 0.2) is 5.96 Å². The van der Waals surface area contributed by atoms with Crippen molar-refractivity contribution in [3.63, 3.8) is 0 Å². The zero-order valence-electron chi connectivity index (χ0n) is 14.6. The van der Waals surface area contributed by atoms with Crippen LogP contribution >= 0.6 is 0 Å². The van der Waals surface area contributed by atoms with Crippen LogP contribution in [0.25, 0.3) is 0 Å². The van der Waals surface area contributed by atoms with E-state index in [4.69, 9.17) is 4.74 Å². The van der Waals surface area contributed by atoms with Crippen molar-refractivity contribution in [1.82, 2.24) is 10.6 Å². The zero-order chi connectivity index (χ0) is 16.5. The lowest BCUT2D eigenvalue weighted by atomic mass is 9.85. The van der Waals surface area contributed by atoms with Crippen molar-refractivity contribution in [3.05, 3.63) is 47.5 Å². The number of nitrogens with one attached hydrogen (secondary N) is 2. The van der Waals surface area contributed by atoms with Gasteiger partial charge >= 0.3 is 0 Å². The third-order valence-electron chi connectivity index (χ3n) is 4.27. The summed E-state index contributed by atoms with van der Waals surface area (Å²) in [7, 11) is 1.82. The predicted octanol–water partition coefficient (Wildman–Crippen LogP) is 2.87. The van der Waals surface area contributed by atoms with Crippen molar-refractivity contribution >= 4 is 5.96 Å². The van der Waals surface area contributed by atoms with Crippen LogP contribution in [-0.2, 0) is 10.2 Å². The summed E-state index contributed by atoms with van der Waals surface area (Å²) < 4.78 is 5.33. The number of ether oxygens (including phenoxy) is 1. The lowest BCUT2D eigenvalue weighted by molar-refractivity contribution is 0.153. The zero-order valence-corrected chi connectivity index (χ0v) is 14.6. The monoisotopic (exact) mass is 315 g/mol. The number of hydrogen-bond acceptors (Lipinski definition) is 2. The van der Waals surface area contributed by atoms with Crippen LogP contribution in [0.4, 0.5) is 0 Å². The van der Waals surface area contributed by atoms with E-state index < -0.39 is 0 Å². The molecule has 0 spiro atoms. The number of rotatable bonds is 6. The molecule has 0 saturated heterocycles. The van der Waals surface area contributed by atoms with Crippen LogP contribution in [-0.4, -0.2) is 39.3 Å². The van der Waals surface area contributed by atoms with Gasteiger partial charge in [0, 0.05) is 25.6 Å². The Labute approximate surface area is 140 Å². The number of hydrogen-bond donors (Lipinski definition) is 2. The van der Waals surface area contributed by atoms with E-state index in [0.29, 0.717) is 0 Å². The molecule has 1 aromatic carbocycles. The summed E-state index contributed by atoms with van der Waals surface area (Å²) in [6.07, 6.45) is 4.29. The fourth-order valence-corrected chi connectivity index (χ4v) is 2.65. The maximum atomic E-state index is 5.33. The summed E-state index contributed by atoms with van der Waals surface area (Å²) in [5.41, 5.74) is 2.86. The van der Waals surface area contributed by atoms with E-state index >= 15 is 0 Å². The second-order valence-electron chi connectivity index (χ2n) is 6.54. The van der Waals surface area contributed by atoms with Gasteiger partial charge in [0.25, 0.3) is 0 Å². The smallest absolute Gasteiger partial charge is 0.191 e. The Kier molecular flexibility index (Phi) is 6.66. The molecule has 0 saturated carbocycles. The van der Waals surface area contributed by atoms with Crippen LogP contribution < -0.4 is 10.6 Å². The first-order valence-corrected chi connectivity index (χ1v) is 8.37. The van der Waals surface area contributed by atoms with E-state index in [-0.39, 0.29) is 5.41 Å². The first-order chi connectivity index (χ1) is 11.1. The molecular formula is C19H29N3O. The molecule has 4 heteroatoms. The molecule has 1 heterocycles. The molecule has 0 amide bonds. The molecule has 2 rings (SSSR count). The van der Waals surface area contributed by atoms with E-state index in [2.05, 4.69) is 65.9 Å². The number of guanidine groups is 1. The lowest BCUT2D eigenvalue weighted by Gasteiger charge is -2.27. The Morgan fingerprint density at radius 2 is 2.00 bits per heavy atom. The Bertz CT molecular complexity index is 535. The molecule has 4 nitrogen and oxygen atoms in total. The van der Waals surface area contributed by atoms with Crippen LogP contribution in [0.15, 0.2) is 47.0 Å². The molecule has 0 bridgehead atoms. The fraction of sp³-hybridized carbons (Fsp3) is 0.526. The highest BCUT2D eigenvalue weighted by atomic mass is 16.5. The van der Waals surface area contributed by atoms with Gasteiger partial charge in [-0.05, 0) is 18.4 Å². The van der Waals surface area contributed by atoms with E-state index in [1.54, 1.807) is 0 Å². The molecule has 23 heavy (non-hydrogen) atoms. The minimum Gasteiger partial charge on any atom is -0.377 e. The number of aliphatic imine (C=N–C) groups is 1. The minimum atomic E-state index is 0.0577. The molecule has 2 N–H and O–H groups in total. The molecule has 0 fully saturated rings. The average molecular weight is 315 g/mol. The normalized spacial score (nSPS) is 16.0. The van der Waals surface area contributed by atoms with Gasteiger partial charge in [-0.3, -0.25) is 4.99 Å². The summed E-state index contributed by atoms with van der Waals surface area (Å²) in [6.45, 7) is 7.84. The third-order valence-corrected chi connectivity index (χ3v) is 4.27. The molecule has 1 aromatic rings. The highest BCUT2D eigenvalue weighted by molar-refractivity contribution is 5.79. The third kappa shape index (κ3) is 5.71. The maximum absolute atomic E-state index is 5.33. The van der Waals surface area contributed by atoms with E-state index in [9.17, 15) is 0 Å². The van der Waals surface area contributed by atoms with Gasteiger partial charge in [0.2, 0.25) is 0 Å². The van der Waals surface area contributed by atoms with Crippen molar-refractivity contribution in [1.29, 1.82) is 0 Å². The van der Waals surface area contributed by atoms with E-state index in [0.717, 1.165) is 45.1 Å². The second-order valence-corrected chi connectivity index (χ2v) is 6.54. The van der Waals surface area contributed by atoms with Gasteiger partial charge in [0.1, 0.15) is 0 Å². The molecule has 0 radical (unpaired) electrons. The minimum absolute atomic E-state index is 0.0577. The maximum Gasteiger partial charge on any atom is 0.191 e.